The van der Waals surface area contributed by atoms with Crippen LogP contribution in [-0.2, 0) is 0 Å². The van der Waals surface area contributed by atoms with Crippen molar-refractivity contribution in [3.05, 3.63) is 34.9 Å². The van der Waals surface area contributed by atoms with E-state index in [0.29, 0.717) is 6.04 Å². The van der Waals surface area contributed by atoms with Crippen molar-refractivity contribution in [1.29, 1.82) is 0 Å². The standard InChI is InChI=1S/C19H32N2/c1-6-20-18(17-14-15(2)10-11-16(17)3)19(21(4)5)12-8-7-9-13-19/h10-11,14,18,20H,6-9,12-13H2,1-5H3. The van der Waals surface area contributed by atoms with Crippen LogP contribution in [0.2, 0.25) is 0 Å². The highest BCUT2D eigenvalue weighted by Gasteiger charge is 2.42. The maximum Gasteiger partial charge on any atom is 0.0509 e. The zero-order valence-corrected chi connectivity index (χ0v) is 14.5. The molecule has 1 aromatic carbocycles. The zero-order valence-electron chi connectivity index (χ0n) is 14.5. The minimum absolute atomic E-state index is 0.257. The van der Waals surface area contributed by atoms with Crippen LogP contribution >= 0.6 is 0 Å². The summed E-state index contributed by atoms with van der Waals surface area (Å²) in [7, 11) is 4.53. The van der Waals surface area contributed by atoms with Crippen LogP contribution in [0.1, 0.15) is 61.8 Å². The molecule has 2 nitrogen and oxygen atoms in total. The van der Waals surface area contributed by atoms with Gasteiger partial charge in [0.1, 0.15) is 0 Å². The Morgan fingerprint density at radius 2 is 1.81 bits per heavy atom. The van der Waals surface area contributed by atoms with Gasteiger partial charge >= 0.3 is 0 Å². The molecule has 1 aromatic rings. The largest absolute Gasteiger partial charge is 0.309 e. The van der Waals surface area contributed by atoms with Crippen LogP contribution in [0.3, 0.4) is 0 Å². The molecule has 1 atom stereocenters. The number of benzene rings is 1. The maximum atomic E-state index is 3.82. The molecular weight excluding hydrogens is 256 g/mol. The maximum absolute atomic E-state index is 3.82. The molecule has 118 valence electrons. The average Bonchev–Trinajstić information content (AvgIpc) is 2.48. The van der Waals surface area contributed by atoms with E-state index in [4.69, 9.17) is 0 Å². The Balaban J connectivity index is 2.47. The summed E-state index contributed by atoms with van der Waals surface area (Å²) >= 11 is 0. The lowest BCUT2D eigenvalue weighted by Crippen LogP contribution is -2.55. The molecule has 0 radical (unpaired) electrons. The fourth-order valence-electron chi connectivity index (χ4n) is 4.02. The average molecular weight is 288 g/mol. The lowest BCUT2D eigenvalue weighted by Gasteiger charge is -2.49. The highest BCUT2D eigenvalue weighted by Crippen LogP contribution is 2.42. The number of nitrogens with zero attached hydrogens (tertiary/aromatic N) is 1. The van der Waals surface area contributed by atoms with E-state index in [9.17, 15) is 0 Å². The van der Waals surface area contributed by atoms with Gasteiger partial charge in [-0.2, -0.15) is 0 Å². The fourth-order valence-corrected chi connectivity index (χ4v) is 4.02. The van der Waals surface area contributed by atoms with E-state index in [1.165, 1.54) is 48.8 Å². The summed E-state index contributed by atoms with van der Waals surface area (Å²) in [5, 5.41) is 3.82. The van der Waals surface area contributed by atoms with Gasteiger partial charge in [-0.1, -0.05) is 49.9 Å². The Bertz CT molecular complexity index is 459. The van der Waals surface area contributed by atoms with Gasteiger partial charge in [0.15, 0.2) is 0 Å². The summed E-state index contributed by atoms with van der Waals surface area (Å²) in [5.41, 5.74) is 4.53. The monoisotopic (exact) mass is 288 g/mol. The highest BCUT2D eigenvalue weighted by molar-refractivity contribution is 5.35. The molecule has 1 saturated carbocycles. The van der Waals surface area contributed by atoms with Crippen LogP contribution in [0.5, 0.6) is 0 Å². The van der Waals surface area contributed by atoms with E-state index in [-0.39, 0.29) is 5.54 Å². The van der Waals surface area contributed by atoms with Gasteiger partial charge in [-0.05, 0) is 58.5 Å². The number of hydrogen-bond donors (Lipinski definition) is 1. The molecule has 2 rings (SSSR count). The first-order valence-corrected chi connectivity index (χ1v) is 8.49. The Morgan fingerprint density at radius 1 is 1.14 bits per heavy atom. The predicted octanol–water partition coefficient (Wildman–Crippen LogP) is 4.22. The molecule has 1 unspecified atom stereocenters. The Morgan fingerprint density at radius 3 is 2.38 bits per heavy atom. The first-order valence-electron chi connectivity index (χ1n) is 8.49. The van der Waals surface area contributed by atoms with Crippen LogP contribution in [0.25, 0.3) is 0 Å². The normalized spacial score (nSPS) is 19.7. The number of rotatable bonds is 5. The molecule has 2 heteroatoms. The zero-order chi connectivity index (χ0) is 15.5. The summed E-state index contributed by atoms with van der Waals surface area (Å²) in [4.78, 5) is 2.49. The number of nitrogens with one attached hydrogen (secondary N) is 1. The van der Waals surface area contributed by atoms with E-state index in [1.807, 2.05) is 0 Å². The van der Waals surface area contributed by atoms with Crippen molar-refractivity contribution >= 4 is 0 Å². The molecule has 1 N–H and O–H groups in total. The molecule has 0 heterocycles. The van der Waals surface area contributed by atoms with Gasteiger partial charge in [-0.3, -0.25) is 0 Å². The minimum atomic E-state index is 0.257. The van der Waals surface area contributed by atoms with E-state index in [1.54, 1.807) is 0 Å². The van der Waals surface area contributed by atoms with Crippen molar-refractivity contribution in [2.75, 3.05) is 20.6 Å². The molecule has 0 saturated heterocycles. The quantitative estimate of drug-likeness (QED) is 0.872. The van der Waals surface area contributed by atoms with E-state index in [2.05, 4.69) is 63.3 Å². The number of hydrogen-bond acceptors (Lipinski definition) is 2. The Labute approximate surface area is 130 Å². The second kappa shape index (κ2) is 6.93. The van der Waals surface area contributed by atoms with Crippen molar-refractivity contribution in [2.24, 2.45) is 0 Å². The van der Waals surface area contributed by atoms with Crippen LogP contribution in [0.4, 0.5) is 0 Å². The molecule has 0 bridgehead atoms. The van der Waals surface area contributed by atoms with Crippen molar-refractivity contribution in [3.8, 4) is 0 Å². The van der Waals surface area contributed by atoms with Crippen LogP contribution in [-0.4, -0.2) is 31.1 Å². The van der Waals surface area contributed by atoms with E-state index >= 15 is 0 Å². The van der Waals surface area contributed by atoms with Crippen molar-refractivity contribution in [3.63, 3.8) is 0 Å². The minimum Gasteiger partial charge on any atom is -0.309 e. The van der Waals surface area contributed by atoms with Crippen LogP contribution in [0, 0.1) is 13.8 Å². The van der Waals surface area contributed by atoms with E-state index in [0.717, 1.165) is 6.54 Å². The fraction of sp³-hybridized carbons (Fsp3) is 0.684. The third-order valence-electron chi connectivity index (χ3n) is 5.30. The van der Waals surface area contributed by atoms with Crippen molar-refractivity contribution in [2.45, 2.75) is 64.5 Å². The topological polar surface area (TPSA) is 15.3 Å². The predicted molar refractivity (Wildman–Crippen MR) is 91.8 cm³/mol. The van der Waals surface area contributed by atoms with Gasteiger partial charge in [0.05, 0.1) is 6.04 Å². The molecule has 1 aliphatic carbocycles. The Hall–Kier alpha value is -0.860. The summed E-state index contributed by atoms with van der Waals surface area (Å²) in [6, 6.07) is 7.33. The van der Waals surface area contributed by atoms with Crippen molar-refractivity contribution < 1.29 is 0 Å². The lowest BCUT2D eigenvalue weighted by atomic mass is 9.72. The van der Waals surface area contributed by atoms with E-state index < -0.39 is 0 Å². The number of aryl methyl sites for hydroxylation is 2. The van der Waals surface area contributed by atoms with Gasteiger partial charge in [-0.25, -0.2) is 0 Å². The third-order valence-corrected chi connectivity index (χ3v) is 5.30. The molecule has 21 heavy (non-hydrogen) atoms. The van der Waals surface area contributed by atoms with Gasteiger partial charge in [-0.15, -0.1) is 0 Å². The van der Waals surface area contributed by atoms with Crippen LogP contribution in [0.15, 0.2) is 18.2 Å². The molecule has 1 aliphatic rings. The highest BCUT2D eigenvalue weighted by atomic mass is 15.2. The molecular formula is C19H32N2. The molecule has 1 fully saturated rings. The smallest absolute Gasteiger partial charge is 0.0509 e. The summed E-state index contributed by atoms with van der Waals surface area (Å²) < 4.78 is 0. The SMILES string of the molecule is CCNC(c1cc(C)ccc1C)C1(N(C)C)CCCCC1. The van der Waals surface area contributed by atoms with Crippen LogP contribution < -0.4 is 5.32 Å². The molecule has 0 amide bonds. The van der Waals surface area contributed by atoms with Gasteiger partial charge in [0.2, 0.25) is 0 Å². The molecule has 0 aliphatic heterocycles. The van der Waals surface area contributed by atoms with Gasteiger partial charge in [0.25, 0.3) is 0 Å². The molecule has 0 aromatic heterocycles. The van der Waals surface area contributed by atoms with Gasteiger partial charge < -0.3 is 10.2 Å². The van der Waals surface area contributed by atoms with Crippen molar-refractivity contribution in [1.82, 2.24) is 10.2 Å². The second-order valence-corrected chi connectivity index (χ2v) is 6.91. The third kappa shape index (κ3) is 3.32. The summed E-state index contributed by atoms with van der Waals surface area (Å²) in [6.45, 7) is 7.71. The Kier molecular flexibility index (Phi) is 5.45. The first kappa shape index (κ1) is 16.5. The summed E-state index contributed by atoms with van der Waals surface area (Å²) in [6.07, 6.45) is 6.69. The lowest BCUT2D eigenvalue weighted by molar-refractivity contribution is 0.0568. The number of likely N-dealkylation sites (N-methyl/N-ethyl adjacent to an activating group) is 2. The second-order valence-electron chi connectivity index (χ2n) is 6.91. The first-order chi connectivity index (χ1) is 10.0. The van der Waals surface area contributed by atoms with Gasteiger partial charge in [0, 0.05) is 5.54 Å². The summed E-state index contributed by atoms with van der Waals surface area (Å²) in [5.74, 6) is 0. The molecule has 0 spiro atoms.